The molecule has 0 bridgehead atoms. The van der Waals surface area contributed by atoms with Gasteiger partial charge in [0.15, 0.2) is 5.58 Å². The molecule has 10 heteroatoms. The number of hydrogen-bond donors (Lipinski definition) is 3. The predicted molar refractivity (Wildman–Crippen MR) is 163 cm³/mol. The van der Waals surface area contributed by atoms with Crippen LogP contribution in [-0.4, -0.2) is 46.8 Å². The van der Waals surface area contributed by atoms with Gasteiger partial charge >= 0.3 is 0 Å². The molecule has 0 amide bonds. The number of para-hydroxylation sites is 2. The topological polar surface area (TPSA) is 121 Å². The number of pyridine rings is 2. The zero-order valence-electron chi connectivity index (χ0n) is 23.4. The molecule has 2 saturated carbocycles. The van der Waals surface area contributed by atoms with Crippen LogP contribution in [0.2, 0.25) is 5.02 Å². The van der Waals surface area contributed by atoms with Crippen LogP contribution >= 0.6 is 11.6 Å². The first-order chi connectivity index (χ1) is 20.5. The maximum absolute atomic E-state index is 9.78. The van der Waals surface area contributed by atoms with Crippen LogP contribution < -0.4 is 16.0 Å². The first-order valence-electron chi connectivity index (χ1n) is 14.8. The molecule has 3 aromatic heterocycles. The number of halogens is 1. The average Bonchev–Trinajstić information content (AvgIpc) is 3.50. The lowest BCUT2D eigenvalue weighted by Gasteiger charge is -2.31. The molecule has 3 N–H and O–H groups in total. The molecule has 1 spiro atoms. The van der Waals surface area contributed by atoms with E-state index >= 15 is 0 Å². The molecule has 3 fully saturated rings. The summed E-state index contributed by atoms with van der Waals surface area (Å²) < 4.78 is 11.3. The largest absolute Gasteiger partial charge is 0.424 e. The Morgan fingerprint density at radius 2 is 1.81 bits per heavy atom. The normalized spacial score (nSPS) is 24.7. The number of ether oxygens (including phenoxy) is 1. The Bertz CT molecular complexity index is 1590. The Hall–Kier alpha value is -3.87. The van der Waals surface area contributed by atoms with Gasteiger partial charge in [-0.15, -0.1) is 0 Å². The summed E-state index contributed by atoms with van der Waals surface area (Å²) in [5, 5.41) is 20.9. The first-order valence-corrected chi connectivity index (χ1v) is 15.2. The fraction of sp³-hybridized carbons (Fsp3) is 0.438. The van der Waals surface area contributed by atoms with Crippen LogP contribution in [0.5, 0.6) is 0 Å². The van der Waals surface area contributed by atoms with Crippen molar-refractivity contribution in [2.75, 3.05) is 35.7 Å². The standard InChI is InChI=1S/C32H34ClN7O2/c33-23-18-35-29(16-22(23)24-5-3-7-28(38-24)36-20-31(19-34)12-14-41-15-13-31)37-21-8-10-32(11-9-21)17-27(32)40-30-39-25-4-1-2-6-26(25)42-30/h1-7,16,18,21,27H,8-15,17,20H2,(H,35,37)(H,36,38)(H,39,40)/t21?,27-,32?/m0/s1. The van der Waals surface area contributed by atoms with Gasteiger partial charge in [-0.1, -0.05) is 29.8 Å². The molecule has 216 valence electrons. The molecular weight excluding hydrogens is 550 g/mol. The molecule has 9 nitrogen and oxygen atoms in total. The van der Waals surface area contributed by atoms with Crippen LogP contribution in [0.3, 0.4) is 0 Å². The maximum Gasteiger partial charge on any atom is 0.295 e. The van der Waals surface area contributed by atoms with E-state index in [-0.39, 0.29) is 0 Å². The molecule has 42 heavy (non-hydrogen) atoms. The summed E-state index contributed by atoms with van der Waals surface area (Å²) in [7, 11) is 0. The highest BCUT2D eigenvalue weighted by Gasteiger charge is 2.55. The maximum atomic E-state index is 9.78. The third-order valence-corrected chi connectivity index (χ3v) is 9.59. The number of anilines is 3. The Labute approximate surface area is 250 Å². The van der Waals surface area contributed by atoms with Crippen LogP contribution in [0.1, 0.15) is 44.9 Å². The van der Waals surface area contributed by atoms with Crippen molar-refractivity contribution in [3.63, 3.8) is 0 Å². The van der Waals surface area contributed by atoms with Crippen molar-refractivity contribution in [1.29, 1.82) is 5.26 Å². The molecular formula is C32H34ClN7O2. The summed E-state index contributed by atoms with van der Waals surface area (Å²) in [6.45, 7) is 1.77. The van der Waals surface area contributed by atoms with Crippen LogP contribution in [0.15, 0.2) is 59.1 Å². The van der Waals surface area contributed by atoms with Crippen molar-refractivity contribution in [2.24, 2.45) is 10.8 Å². The Kier molecular flexibility index (Phi) is 7.12. The molecule has 1 saturated heterocycles. The Morgan fingerprint density at radius 1 is 0.976 bits per heavy atom. The zero-order chi connectivity index (χ0) is 28.6. The lowest BCUT2D eigenvalue weighted by atomic mass is 9.82. The number of aromatic nitrogens is 3. The van der Waals surface area contributed by atoms with Crippen molar-refractivity contribution in [1.82, 2.24) is 15.0 Å². The third-order valence-electron chi connectivity index (χ3n) is 9.29. The van der Waals surface area contributed by atoms with E-state index in [1.54, 1.807) is 6.20 Å². The van der Waals surface area contributed by atoms with E-state index < -0.39 is 5.41 Å². The fourth-order valence-electron chi connectivity index (χ4n) is 6.48. The number of rotatable bonds is 8. The summed E-state index contributed by atoms with van der Waals surface area (Å²) >= 11 is 6.60. The van der Waals surface area contributed by atoms with Gasteiger partial charge in [-0.05, 0) is 80.7 Å². The van der Waals surface area contributed by atoms with Gasteiger partial charge in [-0.3, -0.25) is 0 Å². The van der Waals surface area contributed by atoms with Crippen molar-refractivity contribution < 1.29 is 9.15 Å². The second-order valence-corrected chi connectivity index (χ2v) is 12.4. The SMILES string of the molecule is N#CC1(CNc2cccc(-c3cc(NC4CCC5(CC4)C[C@@H]5Nc4nc5ccccc5o4)ncc3Cl)n2)CCOCC1. The van der Waals surface area contributed by atoms with Gasteiger partial charge in [-0.2, -0.15) is 10.2 Å². The van der Waals surface area contributed by atoms with Crippen molar-refractivity contribution >= 4 is 40.4 Å². The molecule has 1 aromatic carbocycles. The van der Waals surface area contributed by atoms with E-state index in [1.165, 1.54) is 0 Å². The van der Waals surface area contributed by atoms with Gasteiger partial charge in [0.2, 0.25) is 0 Å². The van der Waals surface area contributed by atoms with E-state index in [0.29, 0.717) is 48.3 Å². The van der Waals surface area contributed by atoms with Crippen LogP contribution in [0.4, 0.5) is 17.7 Å². The number of oxazole rings is 1. The summed E-state index contributed by atoms with van der Waals surface area (Å²) in [6, 6.07) is 19.6. The molecule has 1 aliphatic heterocycles. The van der Waals surface area contributed by atoms with E-state index in [1.807, 2.05) is 48.5 Å². The highest BCUT2D eigenvalue weighted by atomic mass is 35.5. The lowest BCUT2D eigenvalue weighted by Crippen LogP contribution is -2.34. The summed E-state index contributed by atoms with van der Waals surface area (Å²) in [6.07, 6.45) is 8.74. The smallest absolute Gasteiger partial charge is 0.295 e. The van der Waals surface area contributed by atoms with Crippen molar-refractivity contribution in [3.05, 3.63) is 59.8 Å². The van der Waals surface area contributed by atoms with Crippen molar-refractivity contribution in [3.8, 4) is 17.3 Å². The van der Waals surface area contributed by atoms with Crippen LogP contribution in [0, 0.1) is 22.2 Å². The predicted octanol–water partition coefficient (Wildman–Crippen LogP) is 6.90. The lowest BCUT2D eigenvalue weighted by molar-refractivity contribution is 0.0455. The fourth-order valence-corrected chi connectivity index (χ4v) is 6.68. The zero-order valence-corrected chi connectivity index (χ0v) is 24.2. The van der Waals surface area contributed by atoms with E-state index in [0.717, 1.165) is 78.9 Å². The molecule has 0 radical (unpaired) electrons. The molecule has 1 atom stereocenters. The van der Waals surface area contributed by atoms with Gasteiger partial charge in [0.05, 0.1) is 22.2 Å². The van der Waals surface area contributed by atoms with Gasteiger partial charge in [-0.25, -0.2) is 9.97 Å². The number of hydrogen-bond acceptors (Lipinski definition) is 9. The molecule has 2 aliphatic carbocycles. The highest BCUT2D eigenvalue weighted by molar-refractivity contribution is 6.33. The van der Waals surface area contributed by atoms with E-state index in [2.05, 4.69) is 32.0 Å². The highest BCUT2D eigenvalue weighted by Crippen LogP contribution is 2.57. The van der Waals surface area contributed by atoms with Crippen molar-refractivity contribution in [2.45, 2.75) is 57.0 Å². The second kappa shape index (κ2) is 11.1. The number of fused-ring (bicyclic) bond motifs is 1. The third kappa shape index (κ3) is 5.49. The Morgan fingerprint density at radius 3 is 2.62 bits per heavy atom. The summed E-state index contributed by atoms with van der Waals surface area (Å²) in [4.78, 5) is 14.0. The number of nitrogens with one attached hydrogen (secondary N) is 3. The van der Waals surface area contributed by atoms with E-state index in [9.17, 15) is 5.26 Å². The van der Waals surface area contributed by atoms with Crippen LogP contribution in [0.25, 0.3) is 22.4 Å². The minimum absolute atomic E-state index is 0.323. The number of nitrogens with zero attached hydrogens (tertiary/aromatic N) is 4. The summed E-state index contributed by atoms with van der Waals surface area (Å²) in [5.41, 5.74) is 3.19. The van der Waals surface area contributed by atoms with Gasteiger partial charge in [0, 0.05) is 43.6 Å². The molecule has 3 aliphatic rings. The van der Waals surface area contributed by atoms with Gasteiger partial charge < -0.3 is 25.1 Å². The molecule has 7 rings (SSSR count). The van der Waals surface area contributed by atoms with E-state index in [4.69, 9.17) is 25.7 Å². The number of nitriles is 1. The Balaban J connectivity index is 0.963. The van der Waals surface area contributed by atoms with Crippen LogP contribution in [-0.2, 0) is 4.74 Å². The molecule has 4 heterocycles. The molecule has 4 aromatic rings. The number of benzene rings is 1. The molecule has 0 unspecified atom stereocenters. The minimum atomic E-state index is -0.430. The second-order valence-electron chi connectivity index (χ2n) is 12.0. The first kappa shape index (κ1) is 27.0. The average molecular weight is 584 g/mol. The minimum Gasteiger partial charge on any atom is -0.424 e. The summed E-state index contributed by atoms with van der Waals surface area (Å²) in [5.74, 6) is 1.53. The monoisotopic (exact) mass is 583 g/mol. The quantitative estimate of drug-likeness (QED) is 0.203. The van der Waals surface area contributed by atoms with Gasteiger partial charge in [0.25, 0.3) is 6.01 Å². The van der Waals surface area contributed by atoms with Gasteiger partial charge in [0.1, 0.15) is 17.2 Å².